The Morgan fingerprint density at radius 1 is 1.18 bits per heavy atom. The molecular formula is C23H29FN2O2. The van der Waals surface area contributed by atoms with Gasteiger partial charge in [-0.25, -0.2) is 4.39 Å². The third-order valence-electron chi connectivity index (χ3n) is 5.30. The molecule has 1 amide bonds. The lowest BCUT2D eigenvalue weighted by atomic mass is 10.0. The number of hydrogen-bond donors (Lipinski definition) is 0. The number of hydrogen-bond acceptors (Lipinski definition) is 3. The molecular weight excluding hydrogens is 355 g/mol. The molecule has 0 aliphatic carbocycles. The van der Waals surface area contributed by atoms with Crippen molar-refractivity contribution in [2.75, 3.05) is 25.1 Å². The first-order valence-corrected chi connectivity index (χ1v) is 10.0. The molecule has 1 aliphatic rings. The first kappa shape index (κ1) is 20.3. The molecule has 3 rings (SSSR count). The molecule has 28 heavy (non-hydrogen) atoms. The van der Waals surface area contributed by atoms with Gasteiger partial charge in [0.2, 0.25) is 5.91 Å². The Hall–Kier alpha value is -2.40. The lowest BCUT2D eigenvalue weighted by Crippen LogP contribution is -2.47. The first-order chi connectivity index (χ1) is 13.6. The summed E-state index contributed by atoms with van der Waals surface area (Å²) >= 11 is 0. The van der Waals surface area contributed by atoms with Crippen molar-refractivity contribution in [1.82, 2.24) is 4.90 Å². The van der Waals surface area contributed by atoms with Crippen LogP contribution in [0, 0.1) is 5.82 Å². The van der Waals surface area contributed by atoms with E-state index in [2.05, 4.69) is 17.0 Å². The topological polar surface area (TPSA) is 32.8 Å². The number of piperidine rings is 1. The summed E-state index contributed by atoms with van der Waals surface area (Å²) in [5, 5.41) is 0. The number of nitrogens with zero attached hydrogens (tertiary/aromatic N) is 2. The molecule has 1 saturated heterocycles. The Bertz CT molecular complexity index is 770. The van der Waals surface area contributed by atoms with Crippen LogP contribution in [0.5, 0.6) is 5.75 Å². The first-order valence-electron chi connectivity index (χ1n) is 10.0. The van der Waals surface area contributed by atoms with E-state index in [0.717, 1.165) is 50.3 Å². The van der Waals surface area contributed by atoms with Crippen molar-refractivity contribution in [3.63, 3.8) is 0 Å². The van der Waals surface area contributed by atoms with Gasteiger partial charge in [0.25, 0.3) is 0 Å². The summed E-state index contributed by atoms with van der Waals surface area (Å²) in [7, 11) is 1.68. The maximum Gasteiger partial charge on any atom is 0.227 e. The van der Waals surface area contributed by atoms with Crippen LogP contribution >= 0.6 is 0 Å². The smallest absolute Gasteiger partial charge is 0.227 e. The maximum atomic E-state index is 13.3. The highest BCUT2D eigenvalue weighted by molar-refractivity contribution is 5.93. The molecule has 0 unspecified atom stereocenters. The average Bonchev–Trinajstić information content (AvgIpc) is 2.71. The van der Waals surface area contributed by atoms with E-state index in [9.17, 15) is 9.18 Å². The van der Waals surface area contributed by atoms with Crippen LogP contribution in [0.25, 0.3) is 0 Å². The minimum absolute atomic E-state index is 0.125. The lowest BCUT2D eigenvalue weighted by molar-refractivity contribution is -0.119. The van der Waals surface area contributed by atoms with Crippen LogP contribution in [0.4, 0.5) is 10.1 Å². The van der Waals surface area contributed by atoms with Gasteiger partial charge < -0.3 is 9.64 Å². The molecule has 1 fully saturated rings. The molecule has 0 N–H and O–H groups in total. The van der Waals surface area contributed by atoms with E-state index in [-0.39, 0.29) is 17.8 Å². The molecule has 2 aromatic carbocycles. The van der Waals surface area contributed by atoms with Crippen LogP contribution in [-0.4, -0.2) is 37.0 Å². The summed E-state index contributed by atoms with van der Waals surface area (Å²) in [6.45, 7) is 4.75. The fraction of sp³-hybridized carbons (Fsp3) is 0.435. The molecule has 150 valence electrons. The largest absolute Gasteiger partial charge is 0.497 e. The van der Waals surface area contributed by atoms with Gasteiger partial charge in [-0.3, -0.25) is 9.69 Å². The summed E-state index contributed by atoms with van der Waals surface area (Å²) < 4.78 is 18.6. The van der Waals surface area contributed by atoms with E-state index < -0.39 is 0 Å². The molecule has 0 radical (unpaired) electrons. The quantitative estimate of drug-likeness (QED) is 0.698. The fourth-order valence-corrected chi connectivity index (χ4v) is 3.86. The number of methoxy groups -OCH3 is 1. The zero-order chi connectivity index (χ0) is 19.9. The van der Waals surface area contributed by atoms with Crippen LogP contribution in [0.3, 0.4) is 0 Å². The number of benzene rings is 2. The highest BCUT2D eigenvalue weighted by Gasteiger charge is 2.28. The Morgan fingerprint density at radius 2 is 1.89 bits per heavy atom. The third kappa shape index (κ3) is 5.10. The predicted octanol–water partition coefficient (Wildman–Crippen LogP) is 4.63. The number of rotatable bonds is 7. The van der Waals surface area contributed by atoms with Crippen LogP contribution < -0.4 is 9.64 Å². The molecule has 1 aliphatic heterocycles. The number of ether oxygens (including phenoxy) is 1. The standard InChI is InChI=1S/C23H29FN2O2/c1-3-5-23(27)26(20-10-8-19(24)9-11-20)21-12-14-25(15-13-21)17-18-6-4-7-22(16-18)28-2/h4,6-11,16,21H,3,5,12-15,17H2,1-2H3. The summed E-state index contributed by atoms with van der Waals surface area (Å²) in [5.74, 6) is 0.722. The molecule has 0 atom stereocenters. The van der Waals surface area contributed by atoms with Crippen LogP contribution in [0.15, 0.2) is 48.5 Å². The van der Waals surface area contributed by atoms with E-state index in [4.69, 9.17) is 4.74 Å². The minimum atomic E-state index is -0.278. The number of carbonyl (C=O) groups excluding carboxylic acids is 1. The summed E-state index contributed by atoms with van der Waals surface area (Å²) in [6, 6.07) is 14.6. The molecule has 5 heteroatoms. The van der Waals surface area contributed by atoms with Gasteiger partial charge >= 0.3 is 0 Å². The Kier molecular flexibility index (Phi) is 7.04. The molecule has 1 heterocycles. The molecule has 2 aromatic rings. The lowest BCUT2D eigenvalue weighted by Gasteiger charge is -2.38. The Morgan fingerprint density at radius 3 is 2.54 bits per heavy atom. The zero-order valence-electron chi connectivity index (χ0n) is 16.7. The van der Waals surface area contributed by atoms with Crippen molar-refractivity contribution in [3.8, 4) is 5.75 Å². The van der Waals surface area contributed by atoms with Crippen LogP contribution in [0.2, 0.25) is 0 Å². The summed E-state index contributed by atoms with van der Waals surface area (Å²) in [5.41, 5.74) is 2.03. The van der Waals surface area contributed by atoms with Crippen molar-refractivity contribution in [2.45, 2.75) is 45.2 Å². The molecule has 0 aromatic heterocycles. The monoisotopic (exact) mass is 384 g/mol. The Balaban J connectivity index is 1.65. The molecule has 0 spiro atoms. The Labute approximate surface area is 166 Å². The second kappa shape index (κ2) is 9.69. The van der Waals surface area contributed by atoms with Gasteiger partial charge in [-0.15, -0.1) is 0 Å². The number of halogens is 1. The SMILES string of the molecule is CCCC(=O)N(c1ccc(F)cc1)C1CCN(Cc2cccc(OC)c2)CC1. The van der Waals surface area contributed by atoms with Gasteiger partial charge in [0.05, 0.1) is 7.11 Å². The normalized spacial score (nSPS) is 15.4. The fourth-order valence-electron chi connectivity index (χ4n) is 3.86. The third-order valence-corrected chi connectivity index (χ3v) is 5.30. The van der Waals surface area contributed by atoms with E-state index in [0.29, 0.717) is 6.42 Å². The van der Waals surface area contributed by atoms with E-state index in [1.165, 1.54) is 17.7 Å². The van der Waals surface area contributed by atoms with E-state index >= 15 is 0 Å². The maximum absolute atomic E-state index is 13.3. The highest BCUT2D eigenvalue weighted by atomic mass is 19.1. The van der Waals surface area contributed by atoms with Gasteiger partial charge in [-0.1, -0.05) is 19.1 Å². The summed E-state index contributed by atoms with van der Waals surface area (Å²) in [6.07, 6.45) is 3.15. The van der Waals surface area contributed by atoms with Crippen LogP contribution in [-0.2, 0) is 11.3 Å². The van der Waals surface area contributed by atoms with Crippen molar-refractivity contribution in [2.24, 2.45) is 0 Å². The van der Waals surface area contributed by atoms with Gasteiger partial charge in [0, 0.05) is 37.8 Å². The zero-order valence-corrected chi connectivity index (χ0v) is 16.7. The van der Waals surface area contributed by atoms with Crippen LogP contribution in [0.1, 0.15) is 38.2 Å². The van der Waals surface area contributed by atoms with Crippen molar-refractivity contribution in [1.29, 1.82) is 0 Å². The highest BCUT2D eigenvalue weighted by Crippen LogP contribution is 2.26. The molecule has 0 bridgehead atoms. The van der Waals surface area contributed by atoms with E-state index in [1.54, 1.807) is 19.2 Å². The average molecular weight is 384 g/mol. The number of amides is 1. The summed E-state index contributed by atoms with van der Waals surface area (Å²) in [4.78, 5) is 17.1. The number of likely N-dealkylation sites (tertiary alicyclic amines) is 1. The van der Waals surface area contributed by atoms with Gasteiger partial charge in [-0.05, 0) is 61.2 Å². The number of anilines is 1. The van der Waals surface area contributed by atoms with Gasteiger partial charge in [0.1, 0.15) is 11.6 Å². The molecule has 4 nitrogen and oxygen atoms in total. The predicted molar refractivity (Wildman–Crippen MR) is 110 cm³/mol. The van der Waals surface area contributed by atoms with Gasteiger partial charge in [0.15, 0.2) is 0 Å². The second-order valence-corrected chi connectivity index (χ2v) is 7.35. The van der Waals surface area contributed by atoms with Crippen molar-refractivity contribution in [3.05, 3.63) is 59.9 Å². The van der Waals surface area contributed by atoms with Crippen molar-refractivity contribution < 1.29 is 13.9 Å². The molecule has 0 saturated carbocycles. The number of carbonyl (C=O) groups is 1. The van der Waals surface area contributed by atoms with E-state index in [1.807, 2.05) is 24.0 Å². The van der Waals surface area contributed by atoms with Crippen molar-refractivity contribution >= 4 is 11.6 Å². The second-order valence-electron chi connectivity index (χ2n) is 7.35. The van der Waals surface area contributed by atoms with Gasteiger partial charge in [-0.2, -0.15) is 0 Å². The minimum Gasteiger partial charge on any atom is -0.497 e.